The van der Waals surface area contributed by atoms with Gasteiger partial charge in [0.2, 0.25) is 0 Å². The smallest absolute Gasteiger partial charge is 0.313 e. The van der Waals surface area contributed by atoms with E-state index in [0.29, 0.717) is 0 Å². The van der Waals surface area contributed by atoms with E-state index < -0.39 is 0 Å². The highest BCUT2D eigenvalue weighted by Gasteiger charge is 2.22. The van der Waals surface area contributed by atoms with Crippen LogP contribution in [-0.4, -0.2) is 13.1 Å². The van der Waals surface area contributed by atoms with E-state index in [0.717, 1.165) is 24.8 Å². The Morgan fingerprint density at radius 1 is 1.35 bits per heavy atom. The monoisotopic (exact) mass is 234 g/mol. The van der Waals surface area contributed by atoms with Crippen molar-refractivity contribution in [2.75, 3.05) is 7.11 Å². The number of unbranched alkanes of at least 4 members (excludes halogenated alkanes) is 1. The third kappa shape index (κ3) is 3.58. The van der Waals surface area contributed by atoms with Gasteiger partial charge in [0.15, 0.2) is 0 Å². The van der Waals surface area contributed by atoms with Crippen LogP contribution in [0.4, 0.5) is 0 Å². The van der Waals surface area contributed by atoms with E-state index in [1.807, 2.05) is 0 Å². The molecule has 0 amide bonds. The molecule has 0 aliphatic rings. The zero-order chi connectivity index (χ0) is 12.8. The largest absolute Gasteiger partial charge is 0.469 e. The lowest BCUT2D eigenvalue weighted by Crippen LogP contribution is -2.15. The van der Waals surface area contributed by atoms with Crippen LogP contribution in [0.3, 0.4) is 0 Å². The molecular weight excluding hydrogens is 212 g/mol. The molecule has 1 atom stereocenters. The van der Waals surface area contributed by atoms with Crippen LogP contribution in [-0.2, 0) is 9.53 Å². The lowest BCUT2D eigenvalue weighted by atomic mass is 9.89. The lowest BCUT2D eigenvalue weighted by Gasteiger charge is -2.17. The van der Waals surface area contributed by atoms with Crippen LogP contribution in [0.1, 0.15) is 48.8 Å². The van der Waals surface area contributed by atoms with Gasteiger partial charge in [0.25, 0.3) is 0 Å². The van der Waals surface area contributed by atoms with Crippen molar-refractivity contribution in [1.29, 1.82) is 0 Å². The van der Waals surface area contributed by atoms with Crippen molar-refractivity contribution >= 4 is 5.97 Å². The Hall–Kier alpha value is -1.31. The molecule has 1 rings (SSSR count). The predicted octanol–water partition coefficient (Wildman–Crippen LogP) is 3.75. The second-order valence-electron chi connectivity index (χ2n) is 4.58. The van der Waals surface area contributed by atoms with Crippen molar-refractivity contribution in [3.8, 4) is 0 Å². The zero-order valence-corrected chi connectivity index (χ0v) is 11.2. The molecule has 0 saturated heterocycles. The van der Waals surface area contributed by atoms with Crippen LogP contribution >= 0.6 is 0 Å². The fourth-order valence-electron chi connectivity index (χ4n) is 2.17. The zero-order valence-electron chi connectivity index (χ0n) is 11.2. The van der Waals surface area contributed by atoms with E-state index in [9.17, 15) is 4.79 Å². The van der Waals surface area contributed by atoms with Crippen molar-refractivity contribution in [3.05, 3.63) is 34.9 Å². The van der Waals surface area contributed by atoms with Gasteiger partial charge in [-0.1, -0.05) is 43.5 Å². The number of esters is 1. The quantitative estimate of drug-likeness (QED) is 0.725. The average molecular weight is 234 g/mol. The minimum Gasteiger partial charge on any atom is -0.469 e. The van der Waals surface area contributed by atoms with Gasteiger partial charge in [-0.25, -0.2) is 0 Å². The Kier molecular flexibility index (Phi) is 5.20. The summed E-state index contributed by atoms with van der Waals surface area (Å²) in [4.78, 5) is 11.8. The van der Waals surface area contributed by atoms with Gasteiger partial charge in [0.1, 0.15) is 0 Å². The highest BCUT2D eigenvalue weighted by atomic mass is 16.5. The fourth-order valence-corrected chi connectivity index (χ4v) is 2.17. The summed E-state index contributed by atoms with van der Waals surface area (Å²) in [6, 6.07) is 6.24. The molecule has 0 fully saturated rings. The van der Waals surface area contributed by atoms with Gasteiger partial charge in [-0.2, -0.15) is 0 Å². The summed E-state index contributed by atoms with van der Waals surface area (Å²) in [5.74, 6) is -0.231. The molecular formula is C15H22O2. The molecule has 1 aromatic rings. The number of rotatable bonds is 5. The molecule has 0 bridgehead atoms. The number of benzene rings is 1. The first kappa shape index (κ1) is 13.8. The van der Waals surface area contributed by atoms with Gasteiger partial charge in [-0.15, -0.1) is 0 Å². The van der Waals surface area contributed by atoms with E-state index in [4.69, 9.17) is 4.74 Å². The van der Waals surface area contributed by atoms with Crippen LogP contribution in [0.15, 0.2) is 18.2 Å². The Morgan fingerprint density at radius 2 is 2.06 bits per heavy atom. The van der Waals surface area contributed by atoms with Crippen molar-refractivity contribution in [1.82, 2.24) is 0 Å². The maximum Gasteiger partial charge on any atom is 0.313 e. The number of hydrogen-bond acceptors (Lipinski definition) is 2. The Bertz CT molecular complexity index is 383. The normalized spacial score (nSPS) is 12.2. The standard InChI is InChI=1S/C15H22O2/c1-5-6-7-14(15(16)17-4)13-9-8-11(2)10-12(13)3/h8-10,14H,5-7H2,1-4H3. The van der Waals surface area contributed by atoms with E-state index in [-0.39, 0.29) is 11.9 Å². The molecule has 0 aromatic heterocycles. The first-order valence-electron chi connectivity index (χ1n) is 6.25. The molecule has 0 saturated carbocycles. The van der Waals surface area contributed by atoms with Gasteiger partial charge >= 0.3 is 5.97 Å². The molecule has 94 valence electrons. The molecule has 0 aliphatic carbocycles. The molecule has 1 aromatic carbocycles. The summed E-state index contributed by atoms with van der Waals surface area (Å²) in [5, 5.41) is 0. The second-order valence-corrected chi connectivity index (χ2v) is 4.58. The number of hydrogen-bond donors (Lipinski definition) is 0. The van der Waals surface area contributed by atoms with E-state index in [1.54, 1.807) is 0 Å². The molecule has 2 heteroatoms. The number of ether oxygens (including phenoxy) is 1. The first-order chi connectivity index (χ1) is 8.10. The van der Waals surface area contributed by atoms with E-state index >= 15 is 0 Å². The van der Waals surface area contributed by atoms with Crippen LogP contribution < -0.4 is 0 Å². The molecule has 0 aliphatic heterocycles. The summed E-state index contributed by atoms with van der Waals surface area (Å²) in [7, 11) is 1.46. The Labute approximate surface area is 104 Å². The van der Waals surface area contributed by atoms with Crippen molar-refractivity contribution in [2.45, 2.75) is 46.0 Å². The van der Waals surface area contributed by atoms with Crippen molar-refractivity contribution < 1.29 is 9.53 Å². The maximum absolute atomic E-state index is 11.8. The number of carbonyl (C=O) groups is 1. The van der Waals surface area contributed by atoms with Gasteiger partial charge in [-0.3, -0.25) is 4.79 Å². The SMILES string of the molecule is CCCCC(C(=O)OC)c1ccc(C)cc1C. The summed E-state index contributed by atoms with van der Waals surface area (Å²) in [5.41, 5.74) is 3.51. The highest BCUT2D eigenvalue weighted by molar-refractivity contribution is 5.78. The van der Waals surface area contributed by atoms with Gasteiger partial charge in [-0.05, 0) is 31.4 Å². The maximum atomic E-state index is 11.8. The van der Waals surface area contributed by atoms with Crippen molar-refractivity contribution in [2.24, 2.45) is 0 Å². The first-order valence-corrected chi connectivity index (χ1v) is 6.25. The minimum atomic E-state index is -0.120. The van der Waals surface area contributed by atoms with Crippen LogP contribution in [0.5, 0.6) is 0 Å². The highest BCUT2D eigenvalue weighted by Crippen LogP contribution is 2.27. The molecule has 0 spiro atoms. The molecule has 1 unspecified atom stereocenters. The molecule has 17 heavy (non-hydrogen) atoms. The summed E-state index contributed by atoms with van der Waals surface area (Å²) in [6.07, 6.45) is 3.01. The Morgan fingerprint density at radius 3 is 2.59 bits per heavy atom. The topological polar surface area (TPSA) is 26.3 Å². The van der Waals surface area contributed by atoms with Crippen molar-refractivity contribution in [3.63, 3.8) is 0 Å². The third-order valence-electron chi connectivity index (χ3n) is 3.13. The van der Waals surface area contributed by atoms with E-state index in [2.05, 4.69) is 39.0 Å². The summed E-state index contributed by atoms with van der Waals surface area (Å²) < 4.78 is 4.91. The summed E-state index contributed by atoms with van der Waals surface area (Å²) >= 11 is 0. The van der Waals surface area contributed by atoms with Crippen LogP contribution in [0.25, 0.3) is 0 Å². The number of carbonyl (C=O) groups excluding carboxylic acids is 1. The van der Waals surface area contributed by atoms with Gasteiger partial charge < -0.3 is 4.74 Å². The molecule has 0 heterocycles. The molecule has 2 nitrogen and oxygen atoms in total. The summed E-state index contributed by atoms with van der Waals surface area (Å²) in [6.45, 7) is 6.26. The average Bonchev–Trinajstić information content (AvgIpc) is 2.31. The minimum absolute atomic E-state index is 0.111. The molecule has 0 radical (unpaired) electrons. The fraction of sp³-hybridized carbons (Fsp3) is 0.533. The lowest BCUT2D eigenvalue weighted by molar-refractivity contribution is -0.142. The van der Waals surface area contributed by atoms with Gasteiger partial charge in [0, 0.05) is 0 Å². The Balaban J connectivity index is 2.99. The van der Waals surface area contributed by atoms with Crippen LogP contribution in [0.2, 0.25) is 0 Å². The number of aryl methyl sites for hydroxylation is 2. The van der Waals surface area contributed by atoms with Gasteiger partial charge in [0.05, 0.1) is 13.0 Å². The number of methoxy groups -OCH3 is 1. The second kappa shape index (κ2) is 6.43. The third-order valence-corrected chi connectivity index (χ3v) is 3.13. The van der Waals surface area contributed by atoms with E-state index in [1.165, 1.54) is 18.2 Å². The molecule has 0 N–H and O–H groups in total. The predicted molar refractivity (Wildman–Crippen MR) is 70.2 cm³/mol. The van der Waals surface area contributed by atoms with Crippen LogP contribution in [0, 0.1) is 13.8 Å².